The molecule has 2 rings (SSSR count). The maximum Gasteiger partial charge on any atom is 0.0605 e. The van der Waals surface area contributed by atoms with Crippen LogP contribution in [0.2, 0.25) is 0 Å². The van der Waals surface area contributed by atoms with Gasteiger partial charge in [0.1, 0.15) is 0 Å². The van der Waals surface area contributed by atoms with Crippen molar-refractivity contribution in [3.63, 3.8) is 0 Å². The van der Waals surface area contributed by atoms with E-state index in [0.29, 0.717) is 12.0 Å². The van der Waals surface area contributed by atoms with Crippen molar-refractivity contribution >= 4 is 15.1 Å². The van der Waals surface area contributed by atoms with Crippen LogP contribution in [0, 0.1) is 0 Å². The molecule has 1 aliphatic rings. The molecule has 0 N–H and O–H groups in total. The molecule has 0 saturated heterocycles. The molecule has 0 fully saturated rings. The van der Waals surface area contributed by atoms with Gasteiger partial charge >= 0.3 is 0 Å². The molecule has 0 aliphatic carbocycles. The zero-order valence-corrected chi connectivity index (χ0v) is 9.21. The molecule has 0 saturated carbocycles. The fourth-order valence-electron chi connectivity index (χ4n) is 2.05. The molecular formula is C12H14NP. The van der Waals surface area contributed by atoms with Crippen LogP contribution in [-0.4, -0.2) is 6.04 Å². The highest BCUT2D eigenvalue weighted by Gasteiger charge is 2.31. The number of hydrogen-bond acceptors (Lipinski definition) is 1. The summed E-state index contributed by atoms with van der Waals surface area (Å²) < 4.78 is 2.18. The van der Waals surface area contributed by atoms with Crippen LogP contribution in [0.1, 0.15) is 11.5 Å². The van der Waals surface area contributed by atoms with Gasteiger partial charge in [-0.3, -0.25) is 0 Å². The van der Waals surface area contributed by atoms with E-state index < -0.39 is 0 Å². The summed E-state index contributed by atoms with van der Waals surface area (Å²) in [6.07, 6.45) is 3.97. The Bertz CT molecular complexity index is 372. The molecule has 3 atom stereocenters. The van der Waals surface area contributed by atoms with E-state index in [2.05, 4.69) is 51.5 Å². The zero-order valence-electron chi connectivity index (χ0n) is 8.06. The molecule has 1 aromatic rings. The van der Waals surface area contributed by atoms with Crippen LogP contribution >= 0.6 is 9.39 Å². The molecule has 1 aliphatic heterocycles. The second kappa shape index (κ2) is 3.59. The smallest absolute Gasteiger partial charge is 0.0605 e. The number of nitrogens with zero attached hydrogens (tertiary/aromatic N) is 1. The van der Waals surface area contributed by atoms with Crippen LogP contribution in [0.4, 0.5) is 5.69 Å². The molecule has 0 radical (unpaired) electrons. The first-order valence-corrected chi connectivity index (χ1v) is 5.19. The summed E-state index contributed by atoms with van der Waals surface area (Å²) >= 11 is 0. The van der Waals surface area contributed by atoms with Gasteiger partial charge in [0.2, 0.25) is 0 Å². The average molecular weight is 203 g/mol. The van der Waals surface area contributed by atoms with Crippen molar-refractivity contribution in [1.29, 1.82) is 0 Å². The maximum absolute atomic E-state index is 3.89. The van der Waals surface area contributed by atoms with Crippen molar-refractivity contribution in [1.82, 2.24) is 0 Å². The first-order chi connectivity index (χ1) is 6.79. The fraction of sp³-hybridized carbons (Fsp3) is 0.167. The third-order valence-electron chi connectivity index (χ3n) is 2.76. The Morgan fingerprint density at radius 1 is 1.21 bits per heavy atom. The van der Waals surface area contributed by atoms with E-state index in [1.165, 1.54) is 11.3 Å². The van der Waals surface area contributed by atoms with Gasteiger partial charge in [-0.1, -0.05) is 30.4 Å². The fourth-order valence-corrected chi connectivity index (χ4v) is 2.59. The van der Waals surface area contributed by atoms with Crippen molar-refractivity contribution in [2.24, 2.45) is 0 Å². The summed E-state index contributed by atoms with van der Waals surface area (Å²) in [4.78, 5) is 0. The average Bonchev–Trinajstić information content (AvgIpc) is 2.51. The quantitative estimate of drug-likeness (QED) is 0.527. The topological polar surface area (TPSA) is 3.24 Å². The van der Waals surface area contributed by atoms with Crippen LogP contribution in [-0.2, 0) is 0 Å². The Kier molecular flexibility index (Phi) is 2.43. The molecule has 0 aromatic heterocycles. The van der Waals surface area contributed by atoms with Crippen LogP contribution in [0.5, 0.6) is 0 Å². The summed E-state index contributed by atoms with van der Waals surface area (Å²) in [5, 5.41) is 0. The lowest BCUT2D eigenvalue weighted by Crippen LogP contribution is -2.21. The van der Waals surface area contributed by atoms with Gasteiger partial charge < -0.3 is 4.67 Å². The highest BCUT2D eigenvalue weighted by molar-refractivity contribution is 7.19. The lowest BCUT2D eigenvalue weighted by Gasteiger charge is -2.21. The van der Waals surface area contributed by atoms with E-state index >= 15 is 0 Å². The van der Waals surface area contributed by atoms with Crippen LogP contribution in [0.3, 0.4) is 0 Å². The number of benzene rings is 1. The standard InChI is InChI=1S/C12H14NP/c1-3-9-10-7-5-6-8-12(10)13(14)11(9)4-2/h3-9,11H,1-2,14H2. The third kappa shape index (κ3) is 1.20. The molecule has 72 valence electrons. The van der Waals surface area contributed by atoms with Gasteiger partial charge in [0.25, 0.3) is 0 Å². The molecule has 3 unspecified atom stereocenters. The normalized spacial score (nSPS) is 24.5. The van der Waals surface area contributed by atoms with Crippen LogP contribution in [0.25, 0.3) is 0 Å². The Morgan fingerprint density at radius 2 is 1.93 bits per heavy atom. The summed E-state index contributed by atoms with van der Waals surface area (Å²) in [5.41, 5.74) is 2.59. The first-order valence-electron chi connectivity index (χ1n) is 4.67. The van der Waals surface area contributed by atoms with Crippen molar-refractivity contribution in [3.8, 4) is 0 Å². The number of fused-ring (bicyclic) bond motifs is 1. The largest absolute Gasteiger partial charge is 0.348 e. The zero-order chi connectivity index (χ0) is 10.1. The molecule has 1 nitrogen and oxygen atoms in total. The highest BCUT2D eigenvalue weighted by atomic mass is 31.0. The summed E-state index contributed by atoms with van der Waals surface area (Å²) in [6, 6.07) is 8.72. The van der Waals surface area contributed by atoms with Gasteiger partial charge in [0, 0.05) is 11.6 Å². The van der Waals surface area contributed by atoms with Gasteiger partial charge in [-0.15, -0.1) is 13.2 Å². The number of anilines is 1. The maximum atomic E-state index is 3.89. The summed E-state index contributed by atoms with van der Waals surface area (Å²) in [6.45, 7) is 7.76. The van der Waals surface area contributed by atoms with Crippen molar-refractivity contribution < 1.29 is 0 Å². The van der Waals surface area contributed by atoms with Gasteiger partial charge in [-0.25, -0.2) is 0 Å². The van der Waals surface area contributed by atoms with E-state index in [1.54, 1.807) is 0 Å². The third-order valence-corrected chi connectivity index (χ3v) is 3.38. The van der Waals surface area contributed by atoms with Crippen LogP contribution in [0.15, 0.2) is 49.6 Å². The van der Waals surface area contributed by atoms with Crippen molar-refractivity contribution in [2.75, 3.05) is 4.67 Å². The lowest BCUT2D eigenvalue weighted by atomic mass is 9.95. The molecular weight excluding hydrogens is 189 g/mol. The predicted molar refractivity (Wildman–Crippen MR) is 65.6 cm³/mol. The Labute approximate surface area is 87.4 Å². The number of rotatable bonds is 2. The van der Waals surface area contributed by atoms with Gasteiger partial charge in [-0.2, -0.15) is 0 Å². The molecule has 14 heavy (non-hydrogen) atoms. The second-order valence-corrected chi connectivity index (χ2v) is 4.01. The Hall–Kier alpha value is -1.07. The lowest BCUT2D eigenvalue weighted by molar-refractivity contribution is 0.784. The number of para-hydroxylation sites is 1. The van der Waals surface area contributed by atoms with E-state index in [1.807, 2.05) is 12.2 Å². The first kappa shape index (κ1) is 9.48. The minimum atomic E-state index is 0.315. The number of hydrogen-bond donors (Lipinski definition) is 0. The second-order valence-electron chi connectivity index (χ2n) is 3.45. The Balaban J connectivity index is 2.53. The summed E-state index contributed by atoms with van der Waals surface area (Å²) in [5.74, 6) is 0.362. The molecule has 0 bridgehead atoms. The van der Waals surface area contributed by atoms with E-state index in [9.17, 15) is 0 Å². The van der Waals surface area contributed by atoms with E-state index in [0.717, 1.165) is 0 Å². The Morgan fingerprint density at radius 3 is 2.57 bits per heavy atom. The monoisotopic (exact) mass is 203 g/mol. The SMILES string of the molecule is C=CC1c2ccccc2N(P)C1C=C. The molecule has 2 heteroatoms. The van der Waals surface area contributed by atoms with Crippen molar-refractivity contribution in [3.05, 3.63) is 55.1 Å². The highest BCUT2D eigenvalue weighted by Crippen LogP contribution is 2.43. The van der Waals surface area contributed by atoms with Crippen LogP contribution < -0.4 is 4.67 Å². The molecule has 0 amide bonds. The molecule has 1 aromatic carbocycles. The summed E-state index contributed by atoms with van der Waals surface area (Å²) in [7, 11) is 2.75. The van der Waals surface area contributed by atoms with Gasteiger partial charge in [-0.05, 0) is 21.0 Å². The molecule has 1 heterocycles. The van der Waals surface area contributed by atoms with Gasteiger partial charge in [0.05, 0.1) is 6.04 Å². The molecule has 0 spiro atoms. The van der Waals surface area contributed by atoms with E-state index in [4.69, 9.17) is 0 Å². The predicted octanol–water partition coefficient (Wildman–Crippen LogP) is 3.12. The van der Waals surface area contributed by atoms with Gasteiger partial charge in [0.15, 0.2) is 0 Å². The minimum Gasteiger partial charge on any atom is -0.348 e. The van der Waals surface area contributed by atoms with E-state index in [-0.39, 0.29) is 0 Å². The van der Waals surface area contributed by atoms with Crippen molar-refractivity contribution in [2.45, 2.75) is 12.0 Å². The minimum absolute atomic E-state index is 0.315.